The maximum absolute atomic E-state index is 13.0. The van der Waals surface area contributed by atoms with Crippen LogP contribution in [0.4, 0.5) is 5.95 Å². The number of aryl methyl sites for hydroxylation is 3. The zero-order valence-corrected chi connectivity index (χ0v) is 22.7. The number of ether oxygens (including phenoxy) is 2. The van der Waals surface area contributed by atoms with Crippen LogP contribution in [0.1, 0.15) is 61.1 Å². The predicted molar refractivity (Wildman–Crippen MR) is 144 cm³/mol. The second-order valence-corrected chi connectivity index (χ2v) is 10.1. The van der Waals surface area contributed by atoms with Gasteiger partial charge >= 0.3 is 5.97 Å². The number of nitrogens with zero attached hydrogens (tertiary/aromatic N) is 3. The lowest BCUT2D eigenvalue weighted by Crippen LogP contribution is -2.29. The first-order valence-electron chi connectivity index (χ1n) is 12.4. The second kappa shape index (κ2) is 11.2. The van der Waals surface area contributed by atoms with Gasteiger partial charge in [0.1, 0.15) is 18.4 Å². The zero-order chi connectivity index (χ0) is 25.8. The summed E-state index contributed by atoms with van der Waals surface area (Å²) in [5, 5.41) is 8.66. The lowest BCUT2D eigenvalue weighted by atomic mass is 9.96. The Balaban J connectivity index is 1.62. The molecule has 4 rings (SSSR count). The third-order valence-corrected chi connectivity index (χ3v) is 7.35. The molecule has 0 bridgehead atoms. The molecule has 2 heterocycles. The SMILES string of the molecule is CCCSc1nc2n(n1)C(c1ccc(OCc3cc(C)c(C)cc3C)cc1)C(C(=O)OCC)=C(C)N2. The standard InChI is InChI=1S/C28H34N4O3S/c1-7-13-36-28-30-27-29-20(6)24(26(33)34-8-2)25(32(27)31-28)21-9-11-23(12-10-21)35-16-22-15-18(4)17(3)14-19(22)5/h9-12,14-15,25H,7-8,13,16H2,1-6H3,(H,29,30,31). The molecule has 0 aliphatic carbocycles. The molecule has 0 saturated heterocycles. The fourth-order valence-electron chi connectivity index (χ4n) is 4.25. The second-order valence-electron chi connectivity index (χ2n) is 9.02. The van der Waals surface area contributed by atoms with Crippen molar-refractivity contribution >= 4 is 23.7 Å². The summed E-state index contributed by atoms with van der Waals surface area (Å²) in [6.07, 6.45) is 1.03. The van der Waals surface area contributed by atoms with Crippen LogP contribution in [0.3, 0.4) is 0 Å². The predicted octanol–water partition coefficient (Wildman–Crippen LogP) is 6.14. The number of hydrogen-bond donors (Lipinski definition) is 1. The monoisotopic (exact) mass is 506 g/mol. The number of hydrogen-bond acceptors (Lipinski definition) is 7. The Morgan fingerprint density at radius 3 is 2.47 bits per heavy atom. The van der Waals surface area contributed by atoms with Crippen molar-refractivity contribution in [3.05, 3.63) is 75.5 Å². The molecule has 2 aromatic carbocycles. The van der Waals surface area contributed by atoms with Gasteiger partial charge in [0, 0.05) is 11.4 Å². The number of allylic oxidation sites excluding steroid dienone is 1. The van der Waals surface area contributed by atoms with E-state index in [-0.39, 0.29) is 5.97 Å². The molecule has 8 heteroatoms. The van der Waals surface area contributed by atoms with E-state index < -0.39 is 6.04 Å². The highest BCUT2D eigenvalue weighted by Gasteiger charge is 2.35. The zero-order valence-electron chi connectivity index (χ0n) is 21.8. The Bertz CT molecular complexity index is 1280. The molecule has 36 heavy (non-hydrogen) atoms. The molecule has 1 aliphatic heterocycles. The first-order valence-corrected chi connectivity index (χ1v) is 13.3. The van der Waals surface area contributed by atoms with Crippen molar-refractivity contribution in [2.75, 3.05) is 17.7 Å². The van der Waals surface area contributed by atoms with Gasteiger partial charge in [-0.2, -0.15) is 4.98 Å². The number of carbonyl (C=O) groups excluding carboxylic acids is 1. The van der Waals surface area contributed by atoms with Crippen molar-refractivity contribution in [2.24, 2.45) is 0 Å². The summed E-state index contributed by atoms with van der Waals surface area (Å²) < 4.78 is 13.3. The van der Waals surface area contributed by atoms with E-state index in [1.165, 1.54) is 22.3 Å². The number of anilines is 1. The number of nitrogens with one attached hydrogen (secondary N) is 1. The highest BCUT2D eigenvalue weighted by atomic mass is 32.2. The van der Waals surface area contributed by atoms with Gasteiger partial charge in [0.2, 0.25) is 11.1 Å². The van der Waals surface area contributed by atoms with Crippen LogP contribution in [0.5, 0.6) is 5.75 Å². The first kappa shape index (κ1) is 25.8. The van der Waals surface area contributed by atoms with Crippen LogP contribution in [-0.4, -0.2) is 33.1 Å². The van der Waals surface area contributed by atoms with Crippen LogP contribution in [0.25, 0.3) is 0 Å². The molecule has 3 aromatic rings. The topological polar surface area (TPSA) is 78.3 Å². The van der Waals surface area contributed by atoms with Gasteiger partial charge in [-0.25, -0.2) is 9.48 Å². The van der Waals surface area contributed by atoms with Crippen molar-refractivity contribution in [3.8, 4) is 5.75 Å². The molecule has 7 nitrogen and oxygen atoms in total. The minimum Gasteiger partial charge on any atom is -0.489 e. The number of thioether (sulfide) groups is 1. The summed E-state index contributed by atoms with van der Waals surface area (Å²) >= 11 is 1.60. The third kappa shape index (κ3) is 5.43. The van der Waals surface area contributed by atoms with E-state index in [9.17, 15) is 4.79 Å². The average molecular weight is 507 g/mol. The van der Waals surface area contributed by atoms with Gasteiger partial charge < -0.3 is 14.8 Å². The van der Waals surface area contributed by atoms with Crippen LogP contribution in [0.2, 0.25) is 0 Å². The Labute approximate surface area is 217 Å². The van der Waals surface area contributed by atoms with E-state index in [4.69, 9.17) is 14.6 Å². The Hall–Kier alpha value is -3.26. The van der Waals surface area contributed by atoms with Crippen LogP contribution in [0, 0.1) is 20.8 Å². The van der Waals surface area contributed by atoms with Crippen molar-refractivity contribution in [1.82, 2.24) is 14.8 Å². The Morgan fingerprint density at radius 1 is 1.06 bits per heavy atom. The molecule has 0 spiro atoms. The van der Waals surface area contributed by atoms with Crippen LogP contribution in [-0.2, 0) is 16.1 Å². The van der Waals surface area contributed by atoms with Crippen molar-refractivity contribution in [2.45, 2.75) is 65.8 Å². The largest absolute Gasteiger partial charge is 0.489 e. The fourth-order valence-corrected chi connectivity index (χ4v) is 4.93. The molecule has 0 saturated carbocycles. The van der Waals surface area contributed by atoms with Gasteiger partial charge in [-0.05, 0) is 81.0 Å². The van der Waals surface area contributed by atoms with Crippen LogP contribution < -0.4 is 10.1 Å². The Morgan fingerprint density at radius 2 is 1.78 bits per heavy atom. The van der Waals surface area contributed by atoms with Crippen molar-refractivity contribution in [1.29, 1.82) is 0 Å². The van der Waals surface area contributed by atoms with E-state index in [1.54, 1.807) is 16.4 Å². The molecule has 0 radical (unpaired) electrons. The number of benzene rings is 2. The van der Waals surface area contributed by atoms with Gasteiger partial charge in [0.05, 0.1) is 12.2 Å². The molecule has 0 amide bonds. The van der Waals surface area contributed by atoms with Crippen molar-refractivity contribution in [3.63, 3.8) is 0 Å². The van der Waals surface area contributed by atoms with E-state index >= 15 is 0 Å². The quantitative estimate of drug-likeness (QED) is 0.276. The summed E-state index contributed by atoms with van der Waals surface area (Å²) in [5.41, 5.74) is 7.09. The molecule has 190 valence electrons. The molecule has 1 N–H and O–H groups in total. The molecule has 1 aromatic heterocycles. The van der Waals surface area contributed by atoms with Gasteiger partial charge in [-0.1, -0.05) is 43.0 Å². The molecular weight excluding hydrogens is 472 g/mol. The maximum Gasteiger partial charge on any atom is 0.338 e. The van der Waals surface area contributed by atoms with E-state index in [0.717, 1.165) is 29.2 Å². The van der Waals surface area contributed by atoms with E-state index in [0.29, 0.717) is 29.9 Å². The van der Waals surface area contributed by atoms with Gasteiger partial charge in [-0.15, -0.1) is 5.10 Å². The highest BCUT2D eigenvalue weighted by molar-refractivity contribution is 7.99. The molecule has 1 aliphatic rings. The number of rotatable bonds is 9. The van der Waals surface area contributed by atoms with Crippen LogP contribution >= 0.6 is 11.8 Å². The molecule has 1 unspecified atom stereocenters. The number of carbonyl (C=O) groups is 1. The van der Waals surface area contributed by atoms with Gasteiger partial charge in [-0.3, -0.25) is 0 Å². The molecular formula is C28H34N4O3S. The smallest absolute Gasteiger partial charge is 0.338 e. The highest BCUT2D eigenvalue weighted by Crippen LogP contribution is 2.37. The fraction of sp³-hybridized carbons (Fsp3) is 0.393. The minimum absolute atomic E-state index is 0.300. The lowest BCUT2D eigenvalue weighted by Gasteiger charge is -2.28. The normalized spacial score (nSPS) is 14.9. The van der Waals surface area contributed by atoms with Gasteiger partial charge in [0.25, 0.3) is 0 Å². The number of fused-ring (bicyclic) bond motifs is 1. The number of esters is 1. The summed E-state index contributed by atoms with van der Waals surface area (Å²) in [7, 11) is 0. The van der Waals surface area contributed by atoms with E-state index in [1.807, 2.05) is 38.1 Å². The lowest BCUT2D eigenvalue weighted by molar-refractivity contribution is -0.139. The third-order valence-electron chi connectivity index (χ3n) is 6.31. The summed E-state index contributed by atoms with van der Waals surface area (Å²) in [5.74, 6) is 1.95. The Kier molecular flexibility index (Phi) is 8.04. The average Bonchev–Trinajstić information content (AvgIpc) is 3.26. The van der Waals surface area contributed by atoms with Crippen LogP contribution in [0.15, 0.2) is 52.8 Å². The summed E-state index contributed by atoms with van der Waals surface area (Å²) in [4.78, 5) is 17.6. The van der Waals surface area contributed by atoms with Crippen molar-refractivity contribution < 1.29 is 14.3 Å². The molecule has 1 atom stereocenters. The number of aromatic nitrogens is 3. The maximum atomic E-state index is 13.0. The minimum atomic E-state index is -0.445. The summed E-state index contributed by atoms with van der Waals surface area (Å²) in [6.45, 7) is 13.0. The summed E-state index contributed by atoms with van der Waals surface area (Å²) in [6, 6.07) is 11.8. The van der Waals surface area contributed by atoms with Gasteiger partial charge in [0.15, 0.2) is 0 Å². The first-order chi connectivity index (χ1) is 17.3. The van der Waals surface area contributed by atoms with E-state index in [2.05, 4.69) is 50.1 Å². The molecule has 0 fully saturated rings.